The Kier molecular flexibility index (Phi) is 5.08. The minimum Gasteiger partial charge on any atom is -0.482 e. The molecular weight excluding hydrogens is 425 g/mol. The van der Waals surface area contributed by atoms with Crippen molar-refractivity contribution in [3.8, 4) is 17.4 Å². The SMILES string of the molecule is O=C(COc1ccc(Cl)cc1Cl)Nc1nnc(-c2ccc(Br)o2)o1. The monoisotopic (exact) mass is 431 g/mol. The van der Waals surface area contributed by atoms with Crippen molar-refractivity contribution in [3.63, 3.8) is 0 Å². The van der Waals surface area contributed by atoms with Crippen LogP contribution in [0.25, 0.3) is 11.7 Å². The second-order valence-electron chi connectivity index (χ2n) is 4.43. The van der Waals surface area contributed by atoms with Gasteiger partial charge in [0.1, 0.15) is 5.75 Å². The van der Waals surface area contributed by atoms with E-state index in [1.54, 1.807) is 24.3 Å². The maximum atomic E-state index is 11.8. The first-order valence-electron chi connectivity index (χ1n) is 6.48. The van der Waals surface area contributed by atoms with E-state index < -0.39 is 5.91 Å². The maximum absolute atomic E-state index is 11.8. The van der Waals surface area contributed by atoms with Crippen molar-refractivity contribution >= 4 is 51.1 Å². The Morgan fingerprint density at radius 2 is 2.04 bits per heavy atom. The zero-order valence-corrected chi connectivity index (χ0v) is 14.9. The minimum absolute atomic E-state index is 0.0756. The fourth-order valence-corrected chi connectivity index (χ4v) is 2.46. The van der Waals surface area contributed by atoms with E-state index in [9.17, 15) is 4.79 Å². The molecule has 1 aromatic carbocycles. The zero-order valence-electron chi connectivity index (χ0n) is 11.8. The Morgan fingerprint density at radius 1 is 1.21 bits per heavy atom. The number of rotatable bonds is 5. The third-order valence-electron chi connectivity index (χ3n) is 2.71. The van der Waals surface area contributed by atoms with Crippen LogP contribution >= 0.6 is 39.1 Å². The molecule has 0 saturated carbocycles. The highest BCUT2D eigenvalue weighted by Gasteiger charge is 2.14. The molecule has 0 bridgehead atoms. The number of benzene rings is 1. The number of furan rings is 1. The summed E-state index contributed by atoms with van der Waals surface area (Å²) in [5.41, 5.74) is 0. The molecule has 0 spiro atoms. The maximum Gasteiger partial charge on any atom is 0.322 e. The standard InChI is InChI=1S/C14H8BrCl2N3O4/c15-11-4-3-10(23-11)13-19-20-14(24-13)18-12(21)6-22-9-2-1-7(16)5-8(9)17/h1-5H,6H2,(H,18,20,21). The fourth-order valence-electron chi connectivity index (χ4n) is 1.69. The van der Waals surface area contributed by atoms with Gasteiger partial charge in [-0.25, -0.2) is 0 Å². The largest absolute Gasteiger partial charge is 0.482 e. The van der Waals surface area contributed by atoms with Gasteiger partial charge in [-0.2, -0.15) is 0 Å². The van der Waals surface area contributed by atoms with Gasteiger partial charge in [0.2, 0.25) is 0 Å². The molecule has 0 fully saturated rings. The lowest BCUT2D eigenvalue weighted by Gasteiger charge is -2.07. The topological polar surface area (TPSA) is 90.4 Å². The molecule has 0 aliphatic rings. The molecule has 0 aliphatic carbocycles. The number of amides is 1. The molecule has 3 rings (SSSR count). The summed E-state index contributed by atoms with van der Waals surface area (Å²) in [6, 6.07) is 7.94. The lowest BCUT2D eigenvalue weighted by Crippen LogP contribution is -2.20. The van der Waals surface area contributed by atoms with Gasteiger partial charge in [-0.3, -0.25) is 10.1 Å². The van der Waals surface area contributed by atoms with Crippen LogP contribution in [0.4, 0.5) is 6.01 Å². The van der Waals surface area contributed by atoms with E-state index in [0.29, 0.717) is 26.2 Å². The minimum atomic E-state index is -0.489. The van der Waals surface area contributed by atoms with Crippen LogP contribution in [-0.2, 0) is 4.79 Å². The summed E-state index contributed by atoms with van der Waals surface area (Å²) in [7, 11) is 0. The number of halogens is 3. The van der Waals surface area contributed by atoms with Crippen LogP contribution in [-0.4, -0.2) is 22.7 Å². The van der Waals surface area contributed by atoms with Crippen molar-refractivity contribution in [2.24, 2.45) is 0 Å². The van der Waals surface area contributed by atoms with Crippen molar-refractivity contribution in [3.05, 3.63) is 45.0 Å². The third kappa shape index (κ3) is 4.08. The number of hydrogen-bond donors (Lipinski definition) is 1. The van der Waals surface area contributed by atoms with Crippen molar-refractivity contribution in [2.75, 3.05) is 11.9 Å². The van der Waals surface area contributed by atoms with Gasteiger partial charge >= 0.3 is 6.01 Å². The average molecular weight is 433 g/mol. The van der Waals surface area contributed by atoms with Gasteiger partial charge in [0.05, 0.1) is 5.02 Å². The van der Waals surface area contributed by atoms with E-state index in [-0.39, 0.29) is 18.5 Å². The molecule has 1 amide bonds. The molecule has 0 atom stereocenters. The number of carbonyl (C=O) groups is 1. The summed E-state index contributed by atoms with van der Waals surface area (Å²) in [5.74, 6) is 0.358. The summed E-state index contributed by atoms with van der Waals surface area (Å²) >= 11 is 14.9. The number of carbonyl (C=O) groups excluding carboxylic acids is 1. The Balaban J connectivity index is 1.58. The molecule has 0 unspecified atom stereocenters. The van der Waals surface area contributed by atoms with Crippen molar-refractivity contribution < 1.29 is 18.4 Å². The molecule has 2 heterocycles. The molecule has 7 nitrogen and oxygen atoms in total. The molecule has 0 aliphatic heterocycles. The zero-order chi connectivity index (χ0) is 17.1. The molecule has 3 aromatic rings. The molecule has 24 heavy (non-hydrogen) atoms. The molecule has 10 heteroatoms. The van der Waals surface area contributed by atoms with Crippen molar-refractivity contribution in [2.45, 2.75) is 0 Å². The highest BCUT2D eigenvalue weighted by Crippen LogP contribution is 2.27. The summed E-state index contributed by atoms with van der Waals surface area (Å²) < 4.78 is 16.4. The molecular formula is C14H8BrCl2N3O4. The first kappa shape index (κ1) is 16.8. The van der Waals surface area contributed by atoms with Crippen LogP contribution in [0, 0.1) is 0 Å². The highest BCUT2D eigenvalue weighted by molar-refractivity contribution is 9.10. The lowest BCUT2D eigenvalue weighted by atomic mass is 10.3. The van der Waals surface area contributed by atoms with Gasteiger partial charge in [-0.05, 0) is 46.3 Å². The van der Waals surface area contributed by atoms with E-state index in [2.05, 4.69) is 31.4 Å². The summed E-state index contributed by atoms with van der Waals surface area (Å²) in [6.45, 7) is -0.286. The van der Waals surface area contributed by atoms with Crippen LogP contribution in [0.15, 0.2) is 43.8 Å². The fraction of sp³-hybridized carbons (Fsp3) is 0.0714. The molecule has 2 aromatic heterocycles. The van der Waals surface area contributed by atoms with Gasteiger partial charge in [-0.1, -0.05) is 28.3 Å². The summed E-state index contributed by atoms with van der Waals surface area (Å²) in [6.07, 6.45) is 0. The Morgan fingerprint density at radius 3 is 2.75 bits per heavy atom. The average Bonchev–Trinajstić information content (AvgIpc) is 3.15. The third-order valence-corrected chi connectivity index (χ3v) is 3.66. The second kappa shape index (κ2) is 7.25. The first-order valence-corrected chi connectivity index (χ1v) is 8.03. The van der Waals surface area contributed by atoms with Crippen LogP contribution < -0.4 is 10.1 Å². The molecule has 1 N–H and O–H groups in total. The summed E-state index contributed by atoms with van der Waals surface area (Å²) in [4.78, 5) is 11.8. The smallest absolute Gasteiger partial charge is 0.322 e. The molecule has 124 valence electrons. The van der Waals surface area contributed by atoms with Crippen LogP contribution in [0.3, 0.4) is 0 Å². The first-order chi connectivity index (χ1) is 11.5. The number of aromatic nitrogens is 2. The van der Waals surface area contributed by atoms with E-state index in [4.69, 9.17) is 36.8 Å². The quantitative estimate of drug-likeness (QED) is 0.641. The molecule has 0 radical (unpaired) electrons. The van der Waals surface area contributed by atoms with Gasteiger partial charge in [0.25, 0.3) is 11.8 Å². The van der Waals surface area contributed by atoms with Gasteiger partial charge in [-0.15, -0.1) is 5.10 Å². The molecule has 0 saturated heterocycles. The Bertz CT molecular complexity index is 881. The normalized spacial score (nSPS) is 10.6. The number of anilines is 1. The Labute approximate surface area is 154 Å². The van der Waals surface area contributed by atoms with Gasteiger partial charge < -0.3 is 13.6 Å². The van der Waals surface area contributed by atoms with Gasteiger partial charge in [0, 0.05) is 5.02 Å². The predicted octanol–water partition coefficient (Wildman–Crippen LogP) is 4.42. The second-order valence-corrected chi connectivity index (χ2v) is 6.05. The Hall–Kier alpha value is -2.03. The number of ether oxygens (including phenoxy) is 1. The van der Waals surface area contributed by atoms with E-state index in [0.717, 1.165) is 0 Å². The number of nitrogens with zero attached hydrogens (tertiary/aromatic N) is 2. The van der Waals surface area contributed by atoms with E-state index >= 15 is 0 Å². The van der Waals surface area contributed by atoms with Crippen LogP contribution in [0.1, 0.15) is 0 Å². The number of hydrogen-bond acceptors (Lipinski definition) is 6. The van der Waals surface area contributed by atoms with Crippen molar-refractivity contribution in [1.29, 1.82) is 0 Å². The van der Waals surface area contributed by atoms with Crippen LogP contribution in [0.5, 0.6) is 5.75 Å². The highest BCUT2D eigenvalue weighted by atomic mass is 79.9. The van der Waals surface area contributed by atoms with E-state index in [1.807, 2.05) is 0 Å². The summed E-state index contributed by atoms with van der Waals surface area (Å²) in [5, 5.41) is 10.7. The van der Waals surface area contributed by atoms with Gasteiger partial charge in [0.15, 0.2) is 17.0 Å². The predicted molar refractivity (Wildman–Crippen MR) is 90.3 cm³/mol. The van der Waals surface area contributed by atoms with Crippen molar-refractivity contribution in [1.82, 2.24) is 10.2 Å². The van der Waals surface area contributed by atoms with E-state index in [1.165, 1.54) is 6.07 Å². The van der Waals surface area contributed by atoms with Crippen LogP contribution in [0.2, 0.25) is 10.0 Å². The number of nitrogens with one attached hydrogen (secondary N) is 1. The lowest BCUT2D eigenvalue weighted by molar-refractivity contribution is -0.118.